The largest absolute Gasteiger partial charge is 0.467 e. The number of benzene rings is 2. The first-order valence-electron chi connectivity index (χ1n) is 6.26. The minimum atomic E-state index is -0.738. The zero-order valence-electron chi connectivity index (χ0n) is 11.4. The summed E-state index contributed by atoms with van der Waals surface area (Å²) >= 11 is 0. The topological polar surface area (TPSA) is 38.3 Å². The lowest BCUT2D eigenvalue weighted by atomic mass is 10.1. The number of carbonyl (C=O) groups is 1. The Balaban J connectivity index is 2.28. The predicted molar refractivity (Wildman–Crippen MR) is 76.0 cm³/mol. The van der Waals surface area contributed by atoms with Crippen molar-refractivity contribution in [2.45, 2.75) is 13.0 Å². The number of carbonyl (C=O) groups excluding carboxylic acids is 1. The normalized spacial score (nSPS) is 11.8. The number of anilines is 1. The number of aryl methyl sites for hydroxylation is 1. The first kappa shape index (κ1) is 14.1. The number of esters is 1. The van der Waals surface area contributed by atoms with Crippen molar-refractivity contribution in [1.82, 2.24) is 0 Å². The third-order valence-electron chi connectivity index (χ3n) is 2.98. The molecule has 0 heterocycles. The van der Waals surface area contributed by atoms with Crippen LogP contribution in [0.25, 0.3) is 0 Å². The standard InChI is InChI=1S/C16H16FNO2/c1-11-6-8-14(9-7-11)18-15(16(19)20-2)12-4-3-5-13(17)10-12/h3-10,15,18H,1-2H3. The van der Waals surface area contributed by atoms with E-state index in [2.05, 4.69) is 5.32 Å². The van der Waals surface area contributed by atoms with Crippen LogP contribution in [0.15, 0.2) is 48.5 Å². The van der Waals surface area contributed by atoms with Crippen LogP contribution in [0, 0.1) is 12.7 Å². The minimum Gasteiger partial charge on any atom is -0.467 e. The highest BCUT2D eigenvalue weighted by Crippen LogP contribution is 2.22. The maximum absolute atomic E-state index is 13.3. The van der Waals surface area contributed by atoms with Gasteiger partial charge in [0.25, 0.3) is 0 Å². The fourth-order valence-corrected chi connectivity index (χ4v) is 1.90. The van der Waals surface area contributed by atoms with Gasteiger partial charge >= 0.3 is 5.97 Å². The Bertz CT molecular complexity index is 596. The zero-order valence-corrected chi connectivity index (χ0v) is 11.4. The van der Waals surface area contributed by atoms with Gasteiger partial charge in [-0.15, -0.1) is 0 Å². The summed E-state index contributed by atoms with van der Waals surface area (Å²) in [5.41, 5.74) is 2.42. The Morgan fingerprint density at radius 3 is 2.50 bits per heavy atom. The Labute approximate surface area is 117 Å². The average molecular weight is 273 g/mol. The third kappa shape index (κ3) is 3.35. The molecule has 3 nitrogen and oxygen atoms in total. The van der Waals surface area contributed by atoms with E-state index >= 15 is 0 Å². The van der Waals surface area contributed by atoms with Gasteiger partial charge in [-0.1, -0.05) is 29.8 Å². The second kappa shape index (κ2) is 6.19. The molecule has 0 aliphatic rings. The van der Waals surface area contributed by atoms with Crippen LogP contribution < -0.4 is 5.32 Å². The lowest BCUT2D eigenvalue weighted by molar-refractivity contribution is -0.141. The molecule has 20 heavy (non-hydrogen) atoms. The van der Waals surface area contributed by atoms with Crippen molar-refractivity contribution in [3.8, 4) is 0 Å². The number of hydrogen-bond donors (Lipinski definition) is 1. The molecule has 2 rings (SSSR count). The number of methoxy groups -OCH3 is 1. The second-order valence-corrected chi connectivity index (χ2v) is 4.52. The summed E-state index contributed by atoms with van der Waals surface area (Å²) in [6.07, 6.45) is 0. The molecule has 2 aromatic rings. The Kier molecular flexibility index (Phi) is 4.35. The fraction of sp³-hybridized carbons (Fsp3) is 0.188. The second-order valence-electron chi connectivity index (χ2n) is 4.52. The molecule has 0 saturated carbocycles. The van der Waals surface area contributed by atoms with Crippen LogP contribution >= 0.6 is 0 Å². The molecule has 104 valence electrons. The molecular formula is C16H16FNO2. The molecule has 1 unspecified atom stereocenters. The molecule has 0 aliphatic heterocycles. The van der Waals surface area contributed by atoms with Gasteiger partial charge < -0.3 is 10.1 Å². The van der Waals surface area contributed by atoms with Crippen LogP contribution in [-0.4, -0.2) is 13.1 Å². The van der Waals surface area contributed by atoms with Crippen molar-refractivity contribution in [3.05, 3.63) is 65.5 Å². The molecule has 0 spiro atoms. The van der Waals surface area contributed by atoms with Crippen LogP contribution in [0.5, 0.6) is 0 Å². The van der Waals surface area contributed by atoms with E-state index < -0.39 is 12.0 Å². The molecular weight excluding hydrogens is 257 g/mol. The molecule has 0 fully saturated rings. The Hall–Kier alpha value is -2.36. The third-order valence-corrected chi connectivity index (χ3v) is 2.98. The van der Waals surface area contributed by atoms with Crippen LogP contribution in [0.2, 0.25) is 0 Å². The molecule has 0 aliphatic carbocycles. The lowest BCUT2D eigenvalue weighted by Gasteiger charge is -2.18. The van der Waals surface area contributed by atoms with Crippen molar-refractivity contribution in [1.29, 1.82) is 0 Å². The summed E-state index contributed by atoms with van der Waals surface area (Å²) in [6, 6.07) is 12.8. The van der Waals surface area contributed by atoms with E-state index in [0.717, 1.165) is 11.3 Å². The van der Waals surface area contributed by atoms with Crippen LogP contribution in [-0.2, 0) is 9.53 Å². The summed E-state index contributed by atoms with van der Waals surface area (Å²) in [5, 5.41) is 3.06. The summed E-state index contributed by atoms with van der Waals surface area (Å²) in [5.74, 6) is -0.849. The number of hydrogen-bond acceptors (Lipinski definition) is 3. The fourth-order valence-electron chi connectivity index (χ4n) is 1.90. The Morgan fingerprint density at radius 1 is 1.20 bits per heavy atom. The van der Waals surface area contributed by atoms with E-state index in [4.69, 9.17) is 4.74 Å². The van der Waals surface area contributed by atoms with Gasteiger partial charge in [-0.05, 0) is 36.8 Å². The van der Waals surface area contributed by atoms with Gasteiger partial charge in [-0.25, -0.2) is 9.18 Å². The van der Waals surface area contributed by atoms with E-state index in [1.165, 1.54) is 19.2 Å². The number of nitrogens with one attached hydrogen (secondary N) is 1. The zero-order chi connectivity index (χ0) is 14.5. The van der Waals surface area contributed by atoms with Crippen LogP contribution in [0.4, 0.5) is 10.1 Å². The smallest absolute Gasteiger partial charge is 0.332 e. The number of rotatable bonds is 4. The number of ether oxygens (including phenoxy) is 1. The predicted octanol–water partition coefficient (Wildman–Crippen LogP) is 3.46. The first-order chi connectivity index (χ1) is 9.60. The highest BCUT2D eigenvalue weighted by Gasteiger charge is 2.21. The van der Waals surface area contributed by atoms with Crippen molar-refractivity contribution in [3.63, 3.8) is 0 Å². The Morgan fingerprint density at radius 2 is 1.90 bits per heavy atom. The van der Waals surface area contributed by atoms with E-state index in [-0.39, 0.29) is 5.82 Å². The van der Waals surface area contributed by atoms with Gasteiger partial charge in [0.1, 0.15) is 5.82 Å². The van der Waals surface area contributed by atoms with Gasteiger partial charge in [-0.3, -0.25) is 0 Å². The summed E-state index contributed by atoms with van der Waals surface area (Å²) < 4.78 is 18.1. The summed E-state index contributed by atoms with van der Waals surface area (Å²) in [7, 11) is 1.31. The average Bonchev–Trinajstić information content (AvgIpc) is 2.46. The van der Waals surface area contributed by atoms with E-state index in [9.17, 15) is 9.18 Å². The van der Waals surface area contributed by atoms with Gasteiger partial charge in [-0.2, -0.15) is 0 Å². The molecule has 4 heteroatoms. The van der Waals surface area contributed by atoms with Gasteiger partial charge in [0.2, 0.25) is 0 Å². The van der Waals surface area contributed by atoms with Crippen LogP contribution in [0.1, 0.15) is 17.2 Å². The van der Waals surface area contributed by atoms with Gasteiger partial charge in [0.15, 0.2) is 6.04 Å². The molecule has 1 atom stereocenters. The first-order valence-corrected chi connectivity index (χ1v) is 6.26. The maximum Gasteiger partial charge on any atom is 0.332 e. The van der Waals surface area contributed by atoms with Crippen molar-refractivity contribution < 1.29 is 13.9 Å². The van der Waals surface area contributed by atoms with E-state index in [1.807, 2.05) is 31.2 Å². The molecule has 0 aromatic heterocycles. The highest BCUT2D eigenvalue weighted by molar-refractivity contribution is 5.81. The molecule has 1 N–H and O–H groups in total. The highest BCUT2D eigenvalue weighted by atomic mass is 19.1. The van der Waals surface area contributed by atoms with E-state index in [0.29, 0.717) is 5.56 Å². The molecule has 0 amide bonds. The van der Waals surface area contributed by atoms with Crippen molar-refractivity contribution >= 4 is 11.7 Å². The van der Waals surface area contributed by atoms with Crippen molar-refractivity contribution in [2.24, 2.45) is 0 Å². The van der Waals surface area contributed by atoms with Gasteiger partial charge in [0.05, 0.1) is 7.11 Å². The van der Waals surface area contributed by atoms with Crippen LogP contribution in [0.3, 0.4) is 0 Å². The monoisotopic (exact) mass is 273 g/mol. The minimum absolute atomic E-state index is 0.387. The van der Waals surface area contributed by atoms with E-state index in [1.54, 1.807) is 12.1 Å². The van der Waals surface area contributed by atoms with Gasteiger partial charge in [0, 0.05) is 5.69 Å². The molecule has 0 saturated heterocycles. The summed E-state index contributed by atoms with van der Waals surface area (Å²) in [6.45, 7) is 1.98. The maximum atomic E-state index is 13.3. The lowest BCUT2D eigenvalue weighted by Crippen LogP contribution is -2.22. The van der Waals surface area contributed by atoms with Crippen molar-refractivity contribution in [2.75, 3.05) is 12.4 Å². The molecule has 2 aromatic carbocycles. The SMILES string of the molecule is COC(=O)C(Nc1ccc(C)cc1)c1cccc(F)c1. The number of halogens is 1. The molecule has 0 bridgehead atoms. The summed E-state index contributed by atoms with van der Waals surface area (Å²) in [4.78, 5) is 11.9. The quantitative estimate of drug-likeness (QED) is 0.867. The molecule has 0 radical (unpaired) electrons.